The molecule has 0 aliphatic heterocycles. The Morgan fingerprint density at radius 3 is 2.94 bits per heavy atom. The Morgan fingerprint density at radius 1 is 1.33 bits per heavy atom. The number of hydrogen-bond acceptors (Lipinski definition) is 4. The number of hydrogen-bond donors (Lipinski definition) is 1. The number of thiazole rings is 1. The van der Waals surface area contributed by atoms with Crippen LogP contribution in [-0.4, -0.2) is 16.1 Å². The lowest BCUT2D eigenvalue weighted by molar-refractivity contribution is 0.0697. The van der Waals surface area contributed by atoms with Crippen LogP contribution in [0.3, 0.4) is 0 Å². The first-order valence-corrected chi connectivity index (χ1v) is 7.12. The Balaban J connectivity index is 1.98. The molecule has 5 heteroatoms. The van der Waals surface area contributed by atoms with Crippen molar-refractivity contribution in [3.63, 3.8) is 0 Å². The van der Waals surface area contributed by atoms with Crippen LogP contribution in [-0.2, 0) is 6.42 Å². The molecule has 2 heterocycles. The van der Waals surface area contributed by atoms with Crippen LogP contribution in [0.15, 0.2) is 35.0 Å². The van der Waals surface area contributed by atoms with Gasteiger partial charge in [0, 0.05) is 6.42 Å². The fourth-order valence-electron chi connectivity index (χ4n) is 1.75. The quantitative estimate of drug-likeness (QED) is 0.793. The molecule has 0 spiro atoms. The summed E-state index contributed by atoms with van der Waals surface area (Å²) in [5, 5.41) is 14.1. The van der Waals surface area contributed by atoms with Gasteiger partial charge < -0.3 is 5.11 Å². The number of nitrogens with zero attached hydrogens (tertiary/aromatic N) is 1. The van der Waals surface area contributed by atoms with E-state index in [9.17, 15) is 4.79 Å². The van der Waals surface area contributed by atoms with Crippen LogP contribution in [0.2, 0.25) is 0 Å². The molecule has 18 heavy (non-hydrogen) atoms. The molecule has 0 aliphatic rings. The third-order valence-electron chi connectivity index (χ3n) is 2.62. The fourth-order valence-corrected chi connectivity index (χ4v) is 3.46. The minimum atomic E-state index is -0.898. The summed E-state index contributed by atoms with van der Waals surface area (Å²) < 4.78 is 0.931. The number of aromatic nitrogens is 1. The predicted molar refractivity (Wildman–Crippen MR) is 73.7 cm³/mol. The Morgan fingerprint density at radius 2 is 2.22 bits per heavy atom. The Bertz CT molecular complexity index is 701. The van der Waals surface area contributed by atoms with E-state index in [1.54, 1.807) is 40.9 Å². The zero-order valence-electron chi connectivity index (χ0n) is 9.29. The summed E-state index contributed by atoms with van der Waals surface area (Å²) in [5.41, 5.74) is 2.43. The highest BCUT2D eigenvalue weighted by molar-refractivity contribution is 7.18. The maximum atomic E-state index is 10.9. The molecule has 0 radical (unpaired) electrons. The maximum Gasteiger partial charge on any atom is 0.335 e. The van der Waals surface area contributed by atoms with Crippen molar-refractivity contribution in [1.29, 1.82) is 0 Å². The van der Waals surface area contributed by atoms with E-state index < -0.39 is 5.97 Å². The van der Waals surface area contributed by atoms with Crippen molar-refractivity contribution in [1.82, 2.24) is 4.98 Å². The number of thiophene rings is 1. The molecule has 0 atom stereocenters. The number of fused-ring (bicyclic) bond motifs is 1. The molecule has 1 aromatic carbocycles. The Hall–Kier alpha value is -1.72. The van der Waals surface area contributed by atoms with Gasteiger partial charge in [0.25, 0.3) is 0 Å². The van der Waals surface area contributed by atoms with Crippen molar-refractivity contribution in [2.24, 2.45) is 0 Å². The highest BCUT2D eigenvalue weighted by Gasteiger charge is 2.08. The zero-order chi connectivity index (χ0) is 12.5. The first-order chi connectivity index (χ1) is 8.72. The van der Waals surface area contributed by atoms with Crippen LogP contribution in [0.25, 0.3) is 10.2 Å². The van der Waals surface area contributed by atoms with Crippen molar-refractivity contribution in [2.45, 2.75) is 6.42 Å². The van der Waals surface area contributed by atoms with Crippen molar-refractivity contribution >= 4 is 38.9 Å². The summed E-state index contributed by atoms with van der Waals surface area (Å²) in [6.45, 7) is 0. The van der Waals surface area contributed by atoms with Crippen molar-refractivity contribution < 1.29 is 9.90 Å². The highest BCUT2D eigenvalue weighted by Crippen LogP contribution is 2.25. The van der Waals surface area contributed by atoms with E-state index in [0.29, 0.717) is 5.56 Å². The lowest BCUT2D eigenvalue weighted by Crippen LogP contribution is -1.94. The molecule has 0 aliphatic carbocycles. The van der Waals surface area contributed by atoms with Gasteiger partial charge in [0.2, 0.25) is 0 Å². The lowest BCUT2D eigenvalue weighted by atomic mass is 10.2. The first-order valence-electron chi connectivity index (χ1n) is 5.36. The molecule has 3 rings (SSSR count). The molecule has 0 unspecified atom stereocenters. The molecule has 0 saturated carbocycles. The summed E-state index contributed by atoms with van der Waals surface area (Å²) in [6, 6.07) is 7.14. The van der Waals surface area contributed by atoms with Crippen molar-refractivity contribution in [3.8, 4) is 0 Å². The molecule has 3 aromatic rings. The highest BCUT2D eigenvalue weighted by atomic mass is 32.1. The van der Waals surface area contributed by atoms with Crippen LogP contribution in [0.5, 0.6) is 0 Å². The molecular formula is C13H9NO2S2. The van der Waals surface area contributed by atoms with E-state index >= 15 is 0 Å². The third-order valence-corrected chi connectivity index (χ3v) is 4.37. The number of aromatic carboxylic acids is 1. The topological polar surface area (TPSA) is 50.2 Å². The second-order valence-electron chi connectivity index (χ2n) is 3.90. The van der Waals surface area contributed by atoms with Gasteiger partial charge in [-0.05, 0) is 40.6 Å². The van der Waals surface area contributed by atoms with E-state index in [-0.39, 0.29) is 0 Å². The molecule has 1 N–H and O–H groups in total. The average Bonchev–Trinajstić information content (AvgIpc) is 2.96. The fraction of sp³-hybridized carbons (Fsp3) is 0.0769. The van der Waals surface area contributed by atoms with Gasteiger partial charge in [-0.15, -0.1) is 11.3 Å². The van der Waals surface area contributed by atoms with Crippen molar-refractivity contribution in [2.75, 3.05) is 0 Å². The molecule has 0 fully saturated rings. The molecular weight excluding hydrogens is 266 g/mol. The normalized spacial score (nSPS) is 10.9. The van der Waals surface area contributed by atoms with E-state index in [1.807, 2.05) is 5.38 Å². The monoisotopic (exact) mass is 275 g/mol. The summed E-state index contributed by atoms with van der Waals surface area (Å²) in [6.07, 6.45) is 0.811. The van der Waals surface area contributed by atoms with E-state index in [0.717, 1.165) is 21.6 Å². The number of benzene rings is 1. The minimum Gasteiger partial charge on any atom is -0.478 e. The van der Waals surface area contributed by atoms with Crippen LogP contribution in [0.1, 0.15) is 20.9 Å². The number of carbonyl (C=O) groups is 1. The van der Waals surface area contributed by atoms with Gasteiger partial charge in [0.1, 0.15) is 0 Å². The predicted octanol–water partition coefficient (Wildman–Crippen LogP) is 3.65. The van der Waals surface area contributed by atoms with Gasteiger partial charge in [0.05, 0.1) is 20.8 Å². The van der Waals surface area contributed by atoms with Gasteiger partial charge in [-0.1, -0.05) is 0 Å². The van der Waals surface area contributed by atoms with Gasteiger partial charge in [0.15, 0.2) is 0 Å². The van der Waals surface area contributed by atoms with Gasteiger partial charge in [-0.3, -0.25) is 0 Å². The SMILES string of the molecule is O=C(O)c1ccc2nc(Cc3ccsc3)sc2c1. The van der Waals surface area contributed by atoms with Crippen LogP contribution in [0.4, 0.5) is 0 Å². The second kappa shape index (κ2) is 4.51. The number of rotatable bonds is 3. The van der Waals surface area contributed by atoms with E-state index in [4.69, 9.17) is 5.11 Å². The van der Waals surface area contributed by atoms with Crippen LogP contribution < -0.4 is 0 Å². The molecule has 3 nitrogen and oxygen atoms in total. The summed E-state index contributed by atoms with van der Waals surface area (Å²) in [5.74, 6) is -0.898. The standard InChI is InChI=1S/C13H9NO2S2/c15-13(16)9-1-2-10-11(6-9)18-12(14-10)5-8-3-4-17-7-8/h1-4,6-7H,5H2,(H,15,16). The van der Waals surface area contributed by atoms with Gasteiger partial charge >= 0.3 is 5.97 Å². The van der Waals surface area contributed by atoms with Crippen molar-refractivity contribution in [3.05, 3.63) is 51.2 Å². The largest absolute Gasteiger partial charge is 0.478 e. The zero-order valence-corrected chi connectivity index (χ0v) is 10.9. The second-order valence-corrected chi connectivity index (χ2v) is 5.80. The first kappa shape index (κ1) is 11.4. The Kier molecular flexibility index (Phi) is 2.85. The number of carboxylic acid groups (broad SMARTS) is 1. The third kappa shape index (κ3) is 2.14. The van der Waals surface area contributed by atoms with E-state index in [1.165, 1.54) is 5.56 Å². The summed E-state index contributed by atoms with van der Waals surface area (Å²) in [7, 11) is 0. The molecule has 2 aromatic heterocycles. The van der Waals surface area contributed by atoms with Gasteiger partial charge in [-0.25, -0.2) is 9.78 Å². The molecule has 0 saturated heterocycles. The average molecular weight is 275 g/mol. The smallest absolute Gasteiger partial charge is 0.335 e. The minimum absolute atomic E-state index is 0.313. The molecule has 0 amide bonds. The molecule has 0 bridgehead atoms. The van der Waals surface area contributed by atoms with Crippen LogP contribution in [0, 0.1) is 0 Å². The Labute approximate surface area is 111 Å². The summed E-state index contributed by atoms with van der Waals surface area (Å²) in [4.78, 5) is 15.4. The summed E-state index contributed by atoms with van der Waals surface area (Å²) >= 11 is 3.23. The number of carboxylic acids is 1. The van der Waals surface area contributed by atoms with Gasteiger partial charge in [-0.2, -0.15) is 11.3 Å². The van der Waals surface area contributed by atoms with E-state index in [2.05, 4.69) is 16.4 Å². The van der Waals surface area contributed by atoms with Crippen LogP contribution >= 0.6 is 22.7 Å². The maximum absolute atomic E-state index is 10.9. The molecule has 90 valence electrons. The lowest BCUT2D eigenvalue weighted by Gasteiger charge is -1.91.